The number of hydrogen-bond donors (Lipinski definition) is 0. The molecule has 1 aromatic heterocycles. The largest absolute Gasteiger partial charge is 0.271 e. The van der Waals surface area contributed by atoms with Crippen molar-refractivity contribution in [1.82, 2.24) is 9.78 Å². The lowest BCUT2D eigenvalue weighted by Crippen LogP contribution is -2.11. The van der Waals surface area contributed by atoms with Gasteiger partial charge in [-0.3, -0.25) is 4.79 Å². The zero-order valence-electron chi connectivity index (χ0n) is 12.6. The lowest BCUT2D eigenvalue weighted by atomic mass is 10.2. The Morgan fingerprint density at radius 1 is 1.36 bits per heavy atom. The summed E-state index contributed by atoms with van der Waals surface area (Å²) in [6.07, 6.45) is 8.18. The number of aromatic nitrogens is 2. The van der Waals surface area contributed by atoms with Crippen molar-refractivity contribution in [2.45, 2.75) is 32.6 Å². The van der Waals surface area contributed by atoms with Gasteiger partial charge in [-0.2, -0.15) is 5.10 Å². The van der Waals surface area contributed by atoms with Crippen LogP contribution in [0.5, 0.6) is 0 Å². The summed E-state index contributed by atoms with van der Waals surface area (Å²) in [6.45, 7) is 1.92. The molecule has 0 unspecified atom stereocenters. The van der Waals surface area contributed by atoms with Crippen molar-refractivity contribution in [1.29, 1.82) is 0 Å². The van der Waals surface area contributed by atoms with Gasteiger partial charge in [-0.1, -0.05) is 36.6 Å². The summed E-state index contributed by atoms with van der Waals surface area (Å²) in [5.41, 5.74) is 2.84. The monoisotopic (exact) mass is 314 g/mol. The standard InChI is InChI=1S/C18H19ClN2O/c1-13-12-17(10-6-14-2-3-14)20-21(13)18(22)11-7-15-4-8-16(19)9-5-15/h4-5,7-9,11-12,14H,2-3,6,10H2,1H3/b11-7+. The number of halogens is 1. The summed E-state index contributed by atoms with van der Waals surface area (Å²) in [5, 5.41) is 5.12. The highest BCUT2D eigenvalue weighted by Crippen LogP contribution is 2.33. The average molecular weight is 315 g/mol. The molecule has 2 aromatic rings. The highest BCUT2D eigenvalue weighted by Gasteiger charge is 2.21. The molecule has 1 aliphatic carbocycles. The zero-order valence-corrected chi connectivity index (χ0v) is 13.4. The van der Waals surface area contributed by atoms with Gasteiger partial charge in [0.2, 0.25) is 0 Å². The Kier molecular flexibility index (Phi) is 4.44. The Morgan fingerprint density at radius 3 is 2.77 bits per heavy atom. The van der Waals surface area contributed by atoms with Crippen LogP contribution in [0.4, 0.5) is 0 Å². The van der Waals surface area contributed by atoms with Gasteiger partial charge in [0.15, 0.2) is 0 Å². The second-order valence-electron chi connectivity index (χ2n) is 5.89. The van der Waals surface area contributed by atoms with Crippen LogP contribution in [0.3, 0.4) is 0 Å². The predicted octanol–water partition coefficient (Wildman–Crippen LogP) is 4.54. The molecule has 3 rings (SSSR count). The molecule has 0 spiro atoms. The van der Waals surface area contributed by atoms with Crippen molar-refractivity contribution in [3.05, 3.63) is 58.4 Å². The molecule has 1 aromatic carbocycles. The van der Waals surface area contributed by atoms with Crippen molar-refractivity contribution in [3.63, 3.8) is 0 Å². The van der Waals surface area contributed by atoms with Crippen LogP contribution >= 0.6 is 11.6 Å². The number of benzene rings is 1. The molecule has 3 nitrogen and oxygen atoms in total. The van der Waals surface area contributed by atoms with E-state index in [9.17, 15) is 4.79 Å². The van der Waals surface area contributed by atoms with E-state index in [4.69, 9.17) is 11.6 Å². The van der Waals surface area contributed by atoms with Crippen LogP contribution < -0.4 is 0 Å². The maximum absolute atomic E-state index is 12.3. The van der Waals surface area contributed by atoms with Gasteiger partial charge in [0, 0.05) is 16.8 Å². The van der Waals surface area contributed by atoms with Gasteiger partial charge in [0.25, 0.3) is 5.91 Å². The zero-order chi connectivity index (χ0) is 15.5. The van der Waals surface area contributed by atoms with Crippen molar-refractivity contribution < 1.29 is 4.79 Å². The summed E-state index contributed by atoms with van der Waals surface area (Å²) in [5.74, 6) is 0.760. The SMILES string of the molecule is Cc1cc(CCC2CC2)nn1C(=O)/C=C/c1ccc(Cl)cc1. The fraction of sp³-hybridized carbons (Fsp3) is 0.333. The van der Waals surface area contributed by atoms with Crippen molar-refractivity contribution >= 4 is 23.6 Å². The Bertz CT molecular complexity index is 696. The van der Waals surface area contributed by atoms with Gasteiger partial charge in [-0.15, -0.1) is 0 Å². The number of aryl methyl sites for hydroxylation is 2. The summed E-state index contributed by atoms with van der Waals surface area (Å²) in [6, 6.07) is 9.38. The van der Waals surface area contributed by atoms with Crippen molar-refractivity contribution in [2.75, 3.05) is 0 Å². The van der Waals surface area contributed by atoms with E-state index in [1.54, 1.807) is 24.3 Å². The number of carbonyl (C=O) groups excluding carboxylic acids is 1. The normalized spacial score (nSPS) is 14.6. The topological polar surface area (TPSA) is 34.9 Å². The first-order chi connectivity index (χ1) is 10.6. The first kappa shape index (κ1) is 15.0. The minimum absolute atomic E-state index is 0.120. The highest BCUT2D eigenvalue weighted by molar-refractivity contribution is 6.30. The van der Waals surface area contributed by atoms with E-state index < -0.39 is 0 Å². The molecule has 0 atom stereocenters. The molecule has 0 N–H and O–H groups in total. The third-order valence-electron chi connectivity index (χ3n) is 3.94. The molecule has 1 aliphatic rings. The van der Waals surface area contributed by atoms with Gasteiger partial charge in [-0.05, 0) is 55.5 Å². The van der Waals surface area contributed by atoms with Crippen LogP contribution in [0.15, 0.2) is 36.4 Å². The first-order valence-electron chi connectivity index (χ1n) is 7.65. The molecular weight excluding hydrogens is 296 g/mol. The quantitative estimate of drug-likeness (QED) is 0.759. The number of rotatable bonds is 5. The van der Waals surface area contributed by atoms with E-state index in [-0.39, 0.29) is 5.91 Å². The highest BCUT2D eigenvalue weighted by atomic mass is 35.5. The van der Waals surface area contributed by atoms with Crippen LogP contribution in [0.1, 0.15) is 41.0 Å². The molecule has 0 aliphatic heterocycles. The van der Waals surface area contributed by atoms with Gasteiger partial charge in [-0.25, -0.2) is 4.68 Å². The molecule has 4 heteroatoms. The smallest absolute Gasteiger partial charge is 0.267 e. The van der Waals surface area contributed by atoms with E-state index >= 15 is 0 Å². The molecule has 1 saturated carbocycles. The van der Waals surface area contributed by atoms with E-state index in [0.717, 1.165) is 29.3 Å². The van der Waals surface area contributed by atoms with Crippen molar-refractivity contribution in [3.8, 4) is 0 Å². The number of nitrogens with zero attached hydrogens (tertiary/aromatic N) is 2. The summed E-state index contributed by atoms with van der Waals surface area (Å²) in [7, 11) is 0. The van der Waals surface area contributed by atoms with Crippen LogP contribution in [0.25, 0.3) is 6.08 Å². The minimum atomic E-state index is -0.120. The van der Waals surface area contributed by atoms with Gasteiger partial charge in [0.1, 0.15) is 0 Å². The summed E-state index contributed by atoms with van der Waals surface area (Å²) in [4.78, 5) is 12.3. The summed E-state index contributed by atoms with van der Waals surface area (Å²) < 4.78 is 1.48. The number of allylic oxidation sites excluding steroid dienone is 1. The molecule has 114 valence electrons. The molecule has 0 bridgehead atoms. The Balaban J connectivity index is 1.66. The average Bonchev–Trinajstić information content (AvgIpc) is 3.26. The predicted molar refractivity (Wildman–Crippen MR) is 89.1 cm³/mol. The van der Waals surface area contributed by atoms with E-state index in [2.05, 4.69) is 5.10 Å². The lowest BCUT2D eigenvalue weighted by Gasteiger charge is -1.98. The lowest BCUT2D eigenvalue weighted by molar-refractivity contribution is 0.0952. The van der Waals surface area contributed by atoms with E-state index in [1.807, 2.05) is 25.1 Å². The second-order valence-corrected chi connectivity index (χ2v) is 6.33. The molecule has 0 radical (unpaired) electrons. The van der Waals surface area contributed by atoms with Crippen molar-refractivity contribution in [2.24, 2.45) is 5.92 Å². The van der Waals surface area contributed by atoms with Gasteiger partial charge in [0.05, 0.1) is 5.69 Å². The second kappa shape index (κ2) is 6.49. The van der Waals surface area contributed by atoms with Gasteiger partial charge < -0.3 is 0 Å². The van der Waals surface area contributed by atoms with E-state index in [0.29, 0.717) is 5.02 Å². The minimum Gasteiger partial charge on any atom is -0.267 e. The molecule has 0 amide bonds. The first-order valence-corrected chi connectivity index (χ1v) is 8.03. The molecular formula is C18H19ClN2O. The number of carbonyl (C=O) groups is 1. The van der Waals surface area contributed by atoms with Crippen LogP contribution in [-0.2, 0) is 6.42 Å². The Labute approximate surface area is 135 Å². The Hall–Kier alpha value is -1.87. The fourth-order valence-corrected chi connectivity index (χ4v) is 2.58. The van der Waals surface area contributed by atoms with Crippen LogP contribution in [-0.4, -0.2) is 15.7 Å². The number of hydrogen-bond acceptors (Lipinski definition) is 2. The third kappa shape index (κ3) is 3.86. The fourth-order valence-electron chi connectivity index (χ4n) is 2.45. The molecule has 22 heavy (non-hydrogen) atoms. The van der Waals surface area contributed by atoms with Gasteiger partial charge >= 0.3 is 0 Å². The summed E-state index contributed by atoms with van der Waals surface area (Å²) >= 11 is 5.84. The maximum Gasteiger partial charge on any atom is 0.271 e. The maximum atomic E-state index is 12.3. The molecule has 1 heterocycles. The Morgan fingerprint density at radius 2 is 2.09 bits per heavy atom. The van der Waals surface area contributed by atoms with Crippen LogP contribution in [0.2, 0.25) is 5.02 Å². The molecule has 0 saturated heterocycles. The van der Waals surface area contributed by atoms with E-state index in [1.165, 1.54) is 23.9 Å². The van der Waals surface area contributed by atoms with Crippen LogP contribution in [0, 0.1) is 12.8 Å². The third-order valence-corrected chi connectivity index (χ3v) is 4.19. The molecule has 1 fully saturated rings.